The number of likely N-dealkylation sites (tertiary alicyclic amines) is 1. The summed E-state index contributed by atoms with van der Waals surface area (Å²) in [6.45, 7) is 1.56. The van der Waals surface area contributed by atoms with Crippen LogP contribution in [0.5, 0.6) is 0 Å². The molecule has 1 aliphatic rings. The van der Waals surface area contributed by atoms with Crippen LogP contribution >= 0.6 is 0 Å². The van der Waals surface area contributed by atoms with Crippen molar-refractivity contribution in [2.24, 2.45) is 5.92 Å². The van der Waals surface area contributed by atoms with Crippen LogP contribution in [0.1, 0.15) is 22.3 Å². The van der Waals surface area contributed by atoms with Crippen molar-refractivity contribution in [1.29, 1.82) is 0 Å². The molecule has 1 aliphatic heterocycles. The van der Waals surface area contributed by atoms with Gasteiger partial charge in [-0.2, -0.15) is 0 Å². The Kier molecular flexibility index (Phi) is 10.3. The van der Waals surface area contributed by atoms with Crippen molar-refractivity contribution in [3.05, 3.63) is 144 Å². The quantitative estimate of drug-likeness (QED) is 0.175. The predicted molar refractivity (Wildman–Crippen MR) is 156 cm³/mol. The number of halogens is 2. The Balaban J connectivity index is 1.37. The molecule has 41 heavy (non-hydrogen) atoms. The summed E-state index contributed by atoms with van der Waals surface area (Å²) in [6, 6.07) is 38.8. The molecule has 4 aromatic rings. The summed E-state index contributed by atoms with van der Waals surface area (Å²) in [5, 5.41) is 0. The van der Waals surface area contributed by atoms with Crippen LogP contribution in [0.2, 0.25) is 0 Å². The zero-order valence-electron chi connectivity index (χ0n) is 23.2. The van der Waals surface area contributed by atoms with Crippen LogP contribution in [-0.2, 0) is 40.6 Å². The Morgan fingerprint density at radius 3 is 1.68 bits per heavy atom. The second-order valence-corrected chi connectivity index (χ2v) is 10.6. The van der Waals surface area contributed by atoms with Gasteiger partial charge >= 0.3 is 0 Å². The topological polar surface area (TPSA) is 30.9 Å². The molecule has 1 heterocycles. The van der Waals surface area contributed by atoms with E-state index in [-0.39, 0.29) is 32.9 Å². The van der Waals surface area contributed by atoms with Gasteiger partial charge in [0.1, 0.15) is 6.10 Å². The van der Waals surface area contributed by atoms with E-state index in [4.69, 9.17) is 14.2 Å². The van der Waals surface area contributed by atoms with Gasteiger partial charge < -0.3 is 14.2 Å². The van der Waals surface area contributed by atoms with E-state index >= 15 is 8.78 Å². The first kappa shape index (κ1) is 29.1. The van der Waals surface area contributed by atoms with Gasteiger partial charge in [0, 0.05) is 19.6 Å². The number of hydrogen-bond donors (Lipinski definition) is 0. The maximum absolute atomic E-state index is 16.4. The summed E-state index contributed by atoms with van der Waals surface area (Å²) in [5.74, 6) is -4.25. The minimum atomic E-state index is -3.13. The largest absolute Gasteiger partial charge is 0.374 e. The first-order valence-electron chi connectivity index (χ1n) is 14.1. The second kappa shape index (κ2) is 14.5. The number of alkyl halides is 2. The van der Waals surface area contributed by atoms with Crippen molar-refractivity contribution < 1.29 is 23.0 Å². The van der Waals surface area contributed by atoms with E-state index in [1.807, 2.05) is 121 Å². The summed E-state index contributed by atoms with van der Waals surface area (Å²) in [6.07, 6.45) is -2.13. The highest BCUT2D eigenvalue weighted by molar-refractivity contribution is 5.17. The molecule has 3 atom stereocenters. The average molecular weight is 558 g/mol. The molecule has 1 fully saturated rings. The molecule has 0 unspecified atom stereocenters. The van der Waals surface area contributed by atoms with Crippen LogP contribution in [-0.4, -0.2) is 42.7 Å². The normalized spacial score (nSPS) is 19.6. The highest BCUT2D eigenvalue weighted by atomic mass is 19.3. The zero-order chi connectivity index (χ0) is 28.3. The van der Waals surface area contributed by atoms with Gasteiger partial charge in [-0.1, -0.05) is 121 Å². The molecule has 0 saturated carbocycles. The number of benzene rings is 4. The number of hydrogen-bond acceptors (Lipinski definition) is 4. The fraction of sp³-hybridized carbons (Fsp3) is 0.314. The summed E-state index contributed by atoms with van der Waals surface area (Å²) in [5.41, 5.74) is 3.85. The molecular weight excluding hydrogens is 520 g/mol. The summed E-state index contributed by atoms with van der Waals surface area (Å²) in [7, 11) is 0. The monoisotopic (exact) mass is 557 g/mol. The molecule has 0 spiro atoms. The number of nitrogens with zero attached hydrogens (tertiary/aromatic N) is 1. The summed E-state index contributed by atoms with van der Waals surface area (Å²) in [4.78, 5) is 2.06. The highest BCUT2D eigenvalue weighted by Gasteiger charge is 2.55. The Morgan fingerprint density at radius 2 is 1.12 bits per heavy atom. The molecule has 214 valence electrons. The van der Waals surface area contributed by atoms with Crippen LogP contribution in [0, 0.1) is 5.92 Å². The lowest BCUT2D eigenvalue weighted by molar-refractivity contribution is -0.238. The van der Waals surface area contributed by atoms with Crippen LogP contribution in [0.15, 0.2) is 121 Å². The molecule has 0 bridgehead atoms. The van der Waals surface area contributed by atoms with Crippen molar-refractivity contribution >= 4 is 0 Å². The molecule has 4 aromatic carbocycles. The Morgan fingerprint density at radius 1 is 0.634 bits per heavy atom. The van der Waals surface area contributed by atoms with Crippen molar-refractivity contribution in [2.45, 2.75) is 44.5 Å². The SMILES string of the molecule is FC1(F)[C@@H]([C@@H](COCc2ccccc2)OCc2ccccc2)CN(Cc2ccccc2)C[C@H]1OCc1ccccc1. The third-order valence-electron chi connectivity index (χ3n) is 7.49. The molecule has 0 aromatic heterocycles. The van der Waals surface area contributed by atoms with Crippen LogP contribution in [0.3, 0.4) is 0 Å². The Hall–Kier alpha value is -3.42. The van der Waals surface area contributed by atoms with E-state index in [0.29, 0.717) is 13.2 Å². The fourth-order valence-electron chi connectivity index (χ4n) is 5.27. The van der Waals surface area contributed by atoms with Crippen molar-refractivity contribution in [1.82, 2.24) is 4.90 Å². The van der Waals surface area contributed by atoms with Gasteiger partial charge in [0.2, 0.25) is 0 Å². The molecule has 0 radical (unpaired) electrons. The van der Waals surface area contributed by atoms with Crippen molar-refractivity contribution in [3.63, 3.8) is 0 Å². The molecular formula is C35H37F2NO3. The maximum atomic E-state index is 16.4. The molecule has 0 aliphatic carbocycles. The van der Waals surface area contributed by atoms with Crippen molar-refractivity contribution in [2.75, 3.05) is 19.7 Å². The minimum Gasteiger partial charge on any atom is -0.374 e. The van der Waals surface area contributed by atoms with E-state index < -0.39 is 24.0 Å². The zero-order valence-corrected chi connectivity index (χ0v) is 23.2. The first-order chi connectivity index (χ1) is 20.1. The molecule has 0 amide bonds. The third-order valence-corrected chi connectivity index (χ3v) is 7.49. The van der Waals surface area contributed by atoms with Crippen LogP contribution < -0.4 is 0 Å². The van der Waals surface area contributed by atoms with Gasteiger partial charge in [0.15, 0.2) is 0 Å². The third kappa shape index (κ3) is 8.30. The Labute approximate surface area is 241 Å². The predicted octanol–water partition coefficient (Wildman–Crippen LogP) is 7.14. The van der Waals surface area contributed by atoms with Gasteiger partial charge in [-0.05, 0) is 22.3 Å². The minimum absolute atomic E-state index is 0.0482. The van der Waals surface area contributed by atoms with Crippen LogP contribution in [0.25, 0.3) is 0 Å². The molecule has 1 saturated heterocycles. The lowest BCUT2D eigenvalue weighted by Gasteiger charge is -2.46. The van der Waals surface area contributed by atoms with Gasteiger partial charge in [0.25, 0.3) is 5.92 Å². The standard InChI is InChI=1S/C35H37F2NO3/c36-35(37)32(33(40-25-30-17-9-3-10-18-30)27-39-24-29-15-7-2-8-16-29)22-38(21-28-13-5-1-6-14-28)23-34(35)41-26-31-19-11-4-12-20-31/h1-20,32-34H,21-27H2/t32-,33-,34-/m1/s1. The van der Waals surface area contributed by atoms with E-state index in [9.17, 15) is 0 Å². The number of ether oxygens (including phenoxy) is 3. The maximum Gasteiger partial charge on any atom is 0.281 e. The van der Waals surface area contributed by atoms with Crippen molar-refractivity contribution in [3.8, 4) is 0 Å². The van der Waals surface area contributed by atoms with Gasteiger partial charge in [0.05, 0.1) is 38.4 Å². The molecule has 0 N–H and O–H groups in total. The van der Waals surface area contributed by atoms with Crippen LogP contribution in [0.4, 0.5) is 8.78 Å². The fourth-order valence-corrected chi connectivity index (χ4v) is 5.27. The van der Waals surface area contributed by atoms with Gasteiger partial charge in [-0.3, -0.25) is 4.90 Å². The molecule has 6 heteroatoms. The summed E-state index contributed by atoms with van der Waals surface area (Å²) >= 11 is 0. The first-order valence-corrected chi connectivity index (χ1v) is 14.1. The molecule has 5 rings (SSSR count). The lowest BCUT2D eigenvalue weighted by atomic mass is 9.86. The lowest BCUT2D eigenvalue weighted by Crippen LogP contribution is -2.61. The number of piperidine rings is 1. The van der Waals surface area contributed by atoms with E-state index in [2.05, 4.69) is 4.90 Å². The Bertz CT molecular complexity index is 1290. The van der Waals surface area contributed by atoms with E-state index in [0.717, 1.165) is 22.3 Å². The highest BCUT2D eigenvalue weighted by Crippen LogP contribution is 2.40. The van der Waals surface area contributed by atoms with Gasteiger partial charge in [-0.25, -0.2) is 8.78 Å². The average Bonchev–Trinajstić information content (AvgIpc) is 3.01. The second-order valence-electron chi connectivity index (χ2n) is 10.6. The smallest absolute Gasteiger partial charge is 0.281 e. The van der Waals surface area contributed by atoms with E-state index in [1.54, 1.807) is 0 Å². The van der Waals surface area contributed by atoms with Gasteiger partial charge in [-0.15, -0.1) is 0 Å². The van der Waals surface area contributed by atoms with E-state index in [1.165, 1.54) is 0 Å². The summed E-state index contributed by atoms with van der Waals surface area (Å²) < 4.78 is 51.0. The molecule has 4 nitrogen and oxygen atoms in total. The number of rotatable bonds is 13.